The van der Waals surface area contributed by atoms with E-state index in [0.29, 0.717) is 10.7 Å². The van der Waals surface area contributed by atoms with Crippen LogP contribution >= 0.6 is 35.6 Å². The van der Waals surface area contributed by atoms with Crippen molar-refractivity contribution in [2.45, 2.75) is 0 Å². The van der Waals surface area contributed by atoms with Crippen molar-refractivity contribution in [3.05, 3.63) is 81.7 Å². The van der Waals surface area contributed by atoms with Crippen LogP contribution in [0.25, 0.3) is 16.8 Å². The molecule has 0 spiro atoms. The highest BCUT2D eigenvalue weighted by Crippen LogP contribution is 2.36. The Bertz CT molecular complexity index is 1230. The number of nitrogens with one attached hydrogen (secondary N) is 1. The zero-order valence-electron chi connectivity index (χ0n) is 15.7. The van der Waals surface area contributed by atoms with Crippen LogP contribution in [0.5, 0.6) is 5.75 Å². The number of hydrogen-bond acceptors (Lipinski definition) is 5. The molecule has 4 rings (SSSR count). The quantitative estimate of drug-likeness (QED) is 0.441. The van der Waals surface area contributed by atoms with Gasteiger partial charge in [-0.3, -0.25) is 15.0 Å². The molecule has 1 aliphatic heterocycles. The zero-order valence-corrected chi connectivity index (χ0v) is 18.1. The van der Waals surface area contributed by atoms with E-state index in [1.54, 1.807) is 37.5 Å². The van der Waals surface area contributed by atoms with Gasteiger partial charge in [-0.05, 0) is 47.3 Å². The third-order valence-electron chi connectivity index (χ3n) is 4.55. The molecule has 5 nitrogen and oxygen atoms in total. The number of carbonyl (C=O) groups excluding carboxylic acids is 2. The van der Waals surface area contributed by atoms with Crippen molar-refractivity contribution in [2.24, 2.45) is 0 Å². The minimum atomic E-state index is -0.513. The average molecular weight is 455 g/mol. The predicted octanol–water partition coefficient (Wildman–Crippen LogP) is 5.05. The van der Waals surface area contributed by atoms with Gasteiger partial charge in [0.25, 0.3) is 11.8 Å². The molecule has 0 saturated carbocycles. The number of benzene rings is 3. The molecular weight excluding hydrogens is 440 g/mol. The van der Waals surface area contributed by atoms with Crippen LogP contribution in [-0.2, 0) is 4.79 Å². The van der Waals surface area contributed by atoms with E-state index in [2.05, 4.69) is 5.43 Å². The Balaban J connectivity index is 1.67. The van der Waals surface area contributed by atoms with Crippen molar-refractivity contribution in [2.75, 3.05) is 7.11 Å². The number of hydrazine groups is 1. The maximum atomic E-state index is 13.0. The molecule has 1 aliphatic rings. The van der Waals surface area contributed by atoms with Crippen molar-refractivity contribution >= 4 is 68.6 Å². The van der Waals surface area contributed by atoms with Crippen molar-refractivity contribution in [3.63, 3.8) is 0 Å². The number of ether oxygens (including phenoxy) is 1. The molecule has 1 saturated heterocycles. The monoisotopic (exact) mass is 454 g/mol. The molecule has 0 aliphatic carbocycles. The summed E-state index contributed by atoms with van der Waals surface area (Å²) in [6, 6.07) is 18.2. The topological polar surface area (TPSA) is 58.6 Å². The number of fused-ring (bicyclic) bond motifs is 1. The Morgan fingerprint density at radius 1 is 1.13 bits per heavy atom. The van der Waals surface area contributed by atoms with Gasteiger partial charge in [0.15, 0.2) is 4.32 Å². The number of hydrogen-bond donors (Lipinski definition) is 1. The van der Waals surface area contributed by atoms with Crippen molar-refractivity contribution < 1.29 is 14.3 Å². The van der Waals surface area contributed by atoms with Crippen molar-refractivity contribution in [3.8, 4) is 5.75 Å². The molecule has 0 unspecified atom stereocenters. The summed E-state index contributed by atoms with van der Waals surface area (Å²) in [5, 5.41) is 3.32. The lowest BCUT2D eigenvalue weighted by atomic mass is 10.0. The molecule has 1 fully saturated rings. The first-order chi connectivity index (χ1) is 14.5. The molecule has 0 aromatic heterocycles. The summed E-state index contributed by atoms with van der Waals surface area (Å²) in [4.78, 5) is 25.9. The third kappa shape index (κ3) is 3.79. The van der Waals surface area contributed by atoms with Crippen LogP contribution < -0.4 is 10.2 Å². The lowest BCUT2D eigenvalue weighted by Gasteiger charge is -2.16. The summed E-state index contributed by atoms with van der Waals surface area (Å²) in [5.41, 5.74) is 3.57. The SMILES string of the molecule is COc1ccc2ccccc2c1/C=C1/SC(=S)N(NC(=O)c2ccccc2Cl)C1=O. The average Bonchev–Trinajstić information content (AvgIpc) is 3.01. The number of methoxy groups -OCH3 is 1. The van der Waals surface area contributed by atoms with Gasteiger partial charge in [-0.1, -0.05) is 65.8 Å². The molecule has 1 N–H and O–H groups in total. The van der Waals surface area contributed by atoms with E-state index in [-0.39, 0.29) is 14.9 Å². The van der Waals surface area contributed by atoms with Crippen LogP contribution in [0.4, 0.5) is 0 Å². The van der Waals surface area contributed by atoms with E-state index in [4.69, 9.17) is 28.6 Å². The van der Waals surface area contributed by atoms with Crippen molar-refractivity contribution in [1.82, 2.24) is 10.4 Å². The first-order valence-electron chi connectivity index (χ1n) is 8.89. The second-order valence-electron chi connectivity index (χ2n) is 6.34. The lowest BCUT2D eigenvalue weighted by Crippen LogP contribution is -2.44. The Morgan fingerprint density at radius 2 is 1.87 bits per heavy atom. The molecule has 0 atom stereocenters. The fraction of sp³-hybridized carbons (Fsp3) is 0.0455. The maximum absolute atomic E-state index is 13.0. The molecule has 1 heterocycles. The number of amides is 2. The van der Waals surface area contributed by atoms with Crippen LogP contribution in [0.3, 0.4) is 0 Å². The molecule has 2 amide bonds. The highest BCUT2D eigenvalue weighted by atomic mass is 35.5. The van der Waals surface area contributed by atoms with E-state index >= 15 is 0 Å². The van der Waals surface area contributed by atoms with Gasteiger partial charge in [0, 0.05) is 5.56 Å². The fourth-order valence-corrected chi connectivity index (χ4v) is 4.49. The summed E-state index contributed by atoms with van der Waals surface area (Å²) in [6.45, 7) is 0. The minimum Gasteiger partial charge on any atom is -0.496 e. The summed E-state index contributed by atoms with van der Waals surface area (Å²) in [6.07, 6.45) is 1.74. The molecule has 0 radical (unpaired) electrons. The second kappa shape index (κ2) is 8.47. The Kier molecular flexibility index (Phi) is 5.76. The van der Waals surface area contributed by atoms with Gasteiger partial charge in [-0.25, -0.2) is 0 Å². The number of thiocarbonyl (C=S) groups is 1. The minimum absolute atomic E-state index is 0.228. The smallest absolute Gasteiger partial charge is 0.285 e. The van der Waals surface area contributed by atoms with Crippen LogP contribution in [0.15, 0.2) is 65.6 Å². The standard InChI is InChI=1S/C22H15ClN2O3S2/c1-28-18-11-10-13-6-2-3-7-14(13)16(18)12-19-21(27)25(22(29)30-19)24-20(26)15-8-4-5-9-17(15)23/h2-12H,1H3,(H,24,26)/b19-12+. The van der Waals surface area contributed by atoms with Gasteiger partial charge in [-0.2, -0.15) is 5.01 Å². The van der Waals surface area contributed by atoms with Crippen LogP contribution in [0.1, 0.15) is 15.9 Å². The summed E-state index contributed by atoms with van der Waals surface area (Å²) >= 11 is 12.5. The summed E-state index contributed by atoms with van der Waals surface area (Å²) in [5.74, 6) is -0.291. The summed E-state index contributed by atoms with van der Waals surface area (Å²) < 4.78 is 5.72. The van der Waals surface area contributed by atoms with Gasteiger partial charge in [0.05, 0.1) is 22.6 Å². The second-order valence-corrected chi connectivity index (χ2v) is 8.42. The highest BCUT2D eigenvalue weighted by Gasteiger charge is 2.34. The third-order valence-corrected chi connectivity index (χ3v) is 6.18. The first-order valence-corrected chi connectivity index (χ1v) is 10.5. The fourth-order valence-electron chi connectivity index (χ4n) is 3.10. The molecule has 150 valence electrons. The largest absolute Gasteiger partial charge is 0.496 e. The van der Waals surface area contributed by atoms with Gasteiger partial charge in [0.1, 0.15) is 5.75 Å². The van der Waals surface area contributed by atoms with Gasteiger partial charge in [0.2, 0.25) is 0 Å². The normalized spacial score (nSPS) is 15.1. The number of halogens is 1. The molecule has 8 heteroatoms. The predicted molar refractivity (Wildman–Crippen MR) is 124 cm³/mol. The number of carbonyl (C=O) groups is 2. The van der Waals surface area contributed by atoms with Crippen LogP contribution in [0, 0.1) is 0 Å². The number of thioether (sulfide) groups is 1. The highest BCUT2D eigenvalue weighted by molar-refractivity contribution is 8.26. The van der Waals surface area contributed by atoms with E-state index in [0.717, 1.165) is 33.1 Å². The Hall–Kier alpha value is -2.87. The Morgan fingerprint density at radius 3 is 2.63 bits per heavy atom. The summed E-state index contributed by atoms with van der Waals surface area (Å²) in [7, 11) is 1.58. The van der Waals surface area contributed by atoms with E-state index in [9.17, 15) is 9.59 Å². The maximum Gasteiger partial charge on any atom is 0.285 e. The molecule has 3 aromatic carbocycles. The first kappa shape index (κ1) is 20.4. The molecule has 3 aromatic rings. The Labute approximate surface area is 187 Å². The van der Waals surface area contributed by atoms with Gasteiger partial charge < -0.3 is 4.74 Å². The zero-order chi connectivity index (χ0) is 21.3. The van der Waals surface area contributed by atoms with E-state index in [1.165, 1.54) is 0 Å². The van der Waals surface area contributed by atoms with Gasteiger partial charge >= 0.3 is 0 Å². The van der Waals surface area contributed by atoms with Crippen LogP contribution in [-0.4, -0.2) is 28.3 Å². The van der Waals surface area contributed by atoms with Crippen molar-refractivity contribution in [1.29, 1.82) is 0 Å². The molecule has 30 heavy (non-hydrogen) atoms. The lowest BCUT2D eigenvalue weighted by molar-refractivity contribution is -0.123. The van der Waals surface area contributed by atoms with E-state index in [1.807, 2.05) is 36.4 Å². The number of nitrogens with zero attached hydrogens (tertiary/aromatic N) is 1. The van der Waals surface area contributed by atoms with Gasteiger partial charge in [-0.15, -0.1) is 0 Å². The van der Waals surface area contributed by atoms with E-state index < -0.39 is 11.8 Å². The molecule has 0 bridgehead atoms. The number of rotatable bonds is 4. The molecular formula is C22H15ClN2O3S2. The van der Waals surface area contributed by atoms with Crippen LogP contribution in [0.2, 0.25) is 5.02 Å².